The van der Waals surface area contributed by atoms with Gasteiger partial charge in [0.25, 0.3) is 0 Å². The second-order valence-electron chi connectivity index (χ2n) is 10.8. The van der Waals surface area contributed by atoms with Crippen LogP contribution in [0.2, 0.25) is 0 Å². The molecule has 5 nitrogen and oxygen atoms in total. The maximum absolute atomic E-state index is 12.1. The predicted octanol–water partition coefficient (Wildman–Crippen LogP) is 10.4. The smallest absolute Gasteiger partial charge is 0.306 e. The maximum Gasteiger partial charge on any atom is 0.306 e. The topological polar surface area (TPSA) is 72.8 Å². The summed E-state index contributed by atoms with van der Waals surface area (Å²) in [5.74, 6) is -0.665. The Kier molecular flexibility index (Phi) is 32.3. The van der Waals surface area contributed by atoms with Crippen LogP contribution in [0.15, 0.2) is 85.1 Å². The third-order valence-corrected chi connectivity index (χ3v) is 6.68. The molecule has 0 spiro atoms. The zero-order chi connectivity index (χ0) is 32.2. The van der Waals surface area contributed by atoms with E-state index in [0.717, 1.165) is 103 Å². The summed E-state index contributed by atoms with van der Waals surface area (Å²) in [5, 5.41) is 9.51. The molecule has 0 aromatic rings. The van der Waals surface area contributed by atoms with Crippen LogP contribution in [-0.2, 0) is 19.1 Å². The van der Waals surface area contributed by atoms with Crippen molar-refractivity contribution in [1.29, 1.82) is 0 Å². The Bertz CT molecular complexity index is 875. The fourth-order valence-electron chi connectivity index (χ4n) is 4.14. The molecular weight excluding hydrogens is 548 g/mol. The van der Waals surface area contributed by atoms with Crippen molar-refractivity contribution in [1.82, 2.24) is 0 Å². The van der Waals surface area contributed by atoms with Gasteiger partial charge in [-0.1, -0.05) is 118 Å². The van der Waals surface area contributed by atoms with Crippen molar-refractivity contribution < 1.29 is 24.2 Å². The molecule has 0 saturated heterocycles. The Morgan fingerprint density at radius 2 is 0.909 bits per heavy atom. The highest BCUT2D eigenvalue weighted by atomic mass is 16.6. The summed E-state index contributed by atoms with van der Waals surface area (Å²) >= 11 is 0. The largest absolute Gasteiger partial charge is 0.462 e. The van der Waals surface area contributed by atoms with E-state index in [0.29, 0.717) is 12.8 Å². The first-order valence-corrected chi connectivity index (χ1v) is 17.1. The highest BCUT2D eigenvalue weighted by molar-refractivity contribution is 5.70. The minimum Gasteiger partial charge on any atom is -0.462 e. The van der Waals surface area contributed by atoms with Crippen LogP contribution in [0.3, 0.4) is 0 Å². The van der Waals surface area contributed by atoms with E-state index < -0.39 is 6.10 Å². The van der Waals surface area contributed by atoms with Crippen molar-refractivity contribution in [3.8, 4) is 0 Å². The number of carbonyl (C=O) groups excluding carboxylic acids is 2. The van der Waals surface area contributed by atoms with Gasteiger partial charge in [0, 0.05) is 12.8 Å². The third-order valence-electron chi connectivity index (χ3n) is 6.68. The SMILES string of the molecule is CC/C=C\C/C=C\C/C=C\C/C=C\CCCCCCC(=O)OC(CO)COC(=O)CCCCC/C=C\C/C=C\C/C=C\CC. The van der Waals surface area contributed by atoms with Crippen molar-refractivity contribution in [2.75, 3.05) is 13.2 Å². The van der Waals surface area contributed by atoms with Gasteiger partial charge in [0.15, 0.2) is 6.10 Å². The molecule has 0 aromatic carbocycles. The number of allylic oxidation sites excluding steroid dienone is 14. The molecule has 0 saturated carbocycles. The Morgan fingerprint density at radius 1 is 0.523 bits per heavy atom. The molecule has 1 atom stereocenters. The summed E-state index contributed by atoms with van der Waals surface area (Å²) in [6.07, 6.45) is 46.3. The van der Waals surface area contributed by atoms with Gasteiger partial charge in [0.2, 0.25) is 0 Å². The molecule has 0 aliphatic heterocycles. The number of hydrogen-bond acceptors (Lipinski definition) is 5. The summed E-state index contributed by atoms with van der Waals surface area (Å²) in [4.78, 5) is 24.1. The lowest BCUT2D eigenvalue weighted by molar-refractivity contribution is -0.161. The van der Waals surface area contributed by atoms with Crippen LogP contribution in [0.25, 0.3) is 0 Å². The number of carbonyl (C=O) groups is 2. The van der Waals surface area contributed by atoms with Crippen molar-refractivity contribution >= 4 is 11.9 Å². The van der Waals surface area contributed by atoms with Crippen LogP contribution in [0.1, 0.15) is 129 Å². The van der Waals surface area contributed by atoms with E-state index in [1.54, 1.807) is 0 Å². The molecule has 0 heterocycles. The van der Waals surface area contributed by atoms with Crippen molar-refractivity contribution in [3.63, 3.8) is 0 Å². The number of esters is 2. The molecule has 0 aliphatic rings. The second-order valence-corrected chi connectivity index (χ2v) is 10.8. The Labute approximate surface area is 269 Å². The van der Waals surface area contributed by atoms with E-state index in [1.807, 2.05) is 0 Å². The number of unbranched alkanes of at least 4 members (excludes halogenated alkanes) is 7. The van der Waals surface area contributed by atoms with Gasteiger partial charge < -0.3 is 14.6 Å². The Hall–Kier alpha value is -2.92. The quantitative estimate of drug-likeness (QED) is 0.0518. The molecule has 248 valence electrons. The highest BCUT2D eigenvalue weighted by Gasteiger charge is 2.16. The van der Waals surface area contributed by atoms with Crippen LogP contribution in [0.5, 0.6) is 0 Å². The highest BCUT2D eigenvalue weighted by Crippen LogP contribution is 2.09. The fraction of sp³-hybridized carbons (Fsp3) is 0.590. The van der Waals surface area contributed by atoms with E-state index in [9.17, 15) is 14.7 Å². The van der Waals surface area contributed by atoms with Crippen LogP contribution in [0, 0.1) is 0 Å². The van der Waals surface area contributed by atoms with Gasteiger partial charge in [-0.3, -0.25) is 9.59 Å². The molecule has 0 bridgehead atoms. The molecule has 0 aromatic heterocycles. The van der Waals surface area contributed by atoms with Gasteiger partial charge >= 0.3 is 11.9 Å². The second kappa shape index (κ2) is 34.6. The van der Waals surface area contributed by atoms with Crippen LogP contribution in [0.4, 0.5) is 0 Å². The van der Waals surface area contributed by atoms with Gasteiger partial charge in [0.05, 0.1) is 6.61 Å². The maximum atomic E-state index is 12.1. The number of hydrogen-bond donors (Lipinski definition) is 1. The first-order chi connectivity index (χ1) is 21.6. The molecule has 0 rings (SSSR count). The van der Waals surface area contributed by atoms with Gasteiger partial charge in [-0.15, -0.1) is 0 Å². The van der Waals surface area contributed by atoms with E-state index in [1.165, 1.54) is 0 Å². The lowest BCUT2D eigenvalue weighted by Gasteiger charge is -2.15. The summed E-state index contributed by atoms with van der Waals surface area (Å²) in [5.41, 5.74) is 0. The number of ether oxygens (including phenoxy) is 2. The first kappa shape index (κ1) is 41.1. The minimum atomic E-state index is -0.800. The predicted molar refractivity (Wildman–Crippen MR) is 186 cm³/mol. The molecule has 1 unspecified atom stereocenters. The molecule has 0 aliphatic carbocycles. The molecule has 0 radical (unpaired) electrons. The van der Waals surface area contributed by atoms with Gasteiger partial charge in [-0.2, -0.15) is 0 Å². The van der Waals surface area contributed by atoms with Gasteiger partial charge in [-0.05, 0) is 83.5 Å². The molecule has 0 amide bonds. The summed E-state index contributed by atoms with van der Waals surface area (Å²) in [6, 6.07) is 0. The molecule has 5 heteroatoms. The first-order valence-electron chi connectivity index (χ1n) is 17.1. The van der Waals surface area contributed by atoms with E-state index in [2.05, 4.69) is 98.9 Å². The molecule has 0 fully saturated rings. The van der Waals surface area contributed by atoms with Crippen molar-refractivity contribution in [2.45, 2.75) is 136 Å². The molecule has 44 heavy (non-hydrogen) atoms. The number of aliphatic hydroxyl groups is 1. The standard InChI is InChI=1S/C39H62O5/c1-3-5-7-9-11-13-15-17-18-19-20-22-24-26-28-30-32-34-39(42)44-37(35-40)36-43-38(41)33-31-29-27-25-23-21-16-14-12-10-8-6-4-2/h5-8,11-14,17-18,20-23,37,40H,3-4,9-10,15-16,19,24-36H2,1-2H3/b7-5-,8-6-,13-11-,14-12-,18-17-,22-20-,23-21-. The summed E-state index contributed by atoms with van der Waals surface area (Å²) in [6.45, 7) is 3.83. The van der Waals surface area contributed by atoms with Crippen LogP contribution in [-0.4, -0.2) is 36.4 Å². The average Bonchev–Trinajstić information content (AvgIpc) is 3.02. The van der Waals surface area contributed by atoms with E-state index in [4.69, 9.17) is 9.47 Å². The van der Waals surface area contributed by atoms with Crippen LogP contribution < -0.4 is 0 Å². The summed E-state index contributed by atoms with van der Waals surface area (Å²) in [7, 11) is 0. The number of aliphatic hydroxyl groups excluding tert-OH is 1. The monoisotopic (exact) mass is 610 g/mol. The Morgan fingerprint density at radius 3 is 1.36 bits per heavy atom. The zero-order valence-corrected chi connectivity index (χ0v) is 27.9. The minimum absolute atomic E-state index is 0.0968. The molecular formula is C39H62O5. The van der Waals surface area contributed by atoms with E-state index in [-0.39, 0.29) is 25.2 Å². The van der Waals surface area contributed by atoms with Crippen molar-refractivity contribution in [2.24, 2.45) is 0 Å². The average molecular weight is 611 g/mol. The molecule has 1 N–H and O–H groups in total. The van der Waals surface area contributed by atoms with Crippen molar-refractivity contribution in [3.05, 3.63) is 85.1 Å². The van der Waals surface area contributed by atoms with E-state index >= 15 is 0 Å². The van der Waals surface area contributed by atoms with Gasteiger partial charge in [-0.25, -0.2) is 0 Å². The van der Waals surface area contributed by atoms with Gasteiger partial charge in [0.1, 0.15) is 6.61 Å². The fourth-order valence-corrected chi connectivity index (χ4v) is 4.14. The number of rotatable bonds is 29. The Balaban J connectivity index is 3.72. The van der Waals surface area contributed by atoms with Crippen LogP contribution >= 0.6 is 0 Å². The zero-order valence-electron chi connectivity index (χ0n) is 27.9. The normalized spacial score (nSPS) is 13.2. The lowest BCUT2D eigenvalue weighted by Crippen LogP contribution is -2.28. The summed E-state index contributed by atoms with van der Waals surface area (Å²) < 4.78 is 10.5. The third kappa shape index (κ3) is 32.0. The lowest BCUT2D eigenvalue weighted by atomic mass is 10.1.